The number of hydrogen-bond acceptors (Lipinski definition) is 2. The van der Waals surface area contributed by atoms with Gasteiger partial charge in [0.2, 0.25) is 0 Å². The van der Waals surface area contributed by atoms with Crippen LogP contribution in [0.4, 0.5) is 23.2 Å². The van der Waals surface area contributed by atoms with E-state index in [0.717, 1.165) is 23.4 Å². The minimum Gasteiger partial charge on any atom is -0.357 e. The van der Waals surface area contributed by atoms with Crippen LogP contribution in [-0.2, 0) is 6.54 Å². The molecule has 0 bridgehead atoms. The number of rotatable bonds is 7. The molecule has 0 aliphatic heterocycles. The molecule has 1 aliphatic carbocycles. The molecule has 0 amide bonds. The first-order valence-corrected chi connectivity index (χ1v) is 7.23. The predicted molar refractivity (Wildman–Crippen MR) is 74.8 cm³/mol. The van der Waals surface area contributed by atoms with Crippen LogP contribution in [0.1, 0.15) is 31.7 Å². The summed E-state index contributed by atoms with van der Waals surface area (Å²) in [6, 6.07) is 4.28. The number of benzene rings is 1. The molecule has 1 N–H and O–H groups in total. The summed E-state index contributed by atoms with van der Waals surface area (Å²) in [6.07, 6.45) is -1.97. The van der Waals surface area contributed by atoms with Gasteiger partial charge in [-0.25, -0.2) is 4.39 Å². The molecule has 2 nitrogen and oxygen atoms in total. The number of anilines is 1. The van der Waals surface area contributed by atoms with Crippen LogP contribution in [0, 0.1) is 5.82 Å². The molecular formula is C15H20F4N2. The van der Waals surface area contributed by atoms with Crippen molar-refractivity contribution >= 4 is 5.69 Å². The van der Waals surface area contributed by atoms with Crippen molar-refractivity contribution in [1.82, 2.24) is 5.32 Å². The summed E-state index contributed by atoms with van der Waals surface area (Å²) >= 11 is 0. The van der Waals surface area contributed by atoms with E-state index >= 15 is 0 Å². The van der Waals surface area contributed by atoms with Crippen molar-refractivity contribution in [3.05, 3.63) is 29.6 Å². The fraction of sp³-hybridized carbons (Fsp3) is 0.600. The van der Waals surface area contributed by atoms with Gasteiger partial charge in [-0.15, -0.1) is 0 Å². The fourth-order valence-electron chi connectivity index (χ4n) is 2.29. The number of halogens is 4. The molecule has 2 rings (SSSR count). The molecule has 1 aromatic carbocycles. The zero-order valence-corrected chi connectivity index (χ0v) is 12.0. The van der Waals surface area contributed by atoms with E-state index in [2.05, 4.69) is 5.32 Å². The highest BCUT2D eigenvalue weighted by molar-refractivity contribution is 5.51. The highest BCUT2D eigenvalue weighted by atomic mass is 19.4. The van der Waals surface area contributed by atoms with Gasteiger partial charge in [0.25, 0.3) is 0 Å². The number of alkyl halides is 3. The van der Waals surface area contributed by atoms with E-state index in [1.165, 1.54) is 12.1 Å². The monoisotopic (exact) mass is 304 g/mol. The Balaban J connectivity index is 2.10. The Kier molecular flexibility index (Phi) is 5.08. The van der Waals surface area contributed by atoms with Crippen LogP contribution in [0.15, 0.2) is 18.2 Å². The summed E-state index contributed by atoms with van der Waals surface area (Å²) in [7, 11) is 0. The van der Waals surface area contributed by atoms with Gasteiger partial charge in [0.1, 0.15) is 12.4 Å². The first-order valence-electron chi connectivity index (χ1n) is 7.23. The number of hydrogen-bond donors (Lipinski definition) is 1. The topological polar surface area (TPSA) is 15.3 Å². The van der Waals surface area contributed by atoms with Crippen LogP contribution in [0.2, 0.25) is 0 Å². The third-order valence-corrected chi connectivity index (χ3v) is 3.41. The molecule has 0 unspecified atom stereocenters. The minimum absolute atomic E-state index is 0.0501. The van der Waals surface area contributed by atoms with Gasteiger partial charge in [0.15, 0.2) is 0 Å². The molecule has 1 saturated carbocycles. The Morgan fingerprint density at radius 1 is 1.29 bits per heavy atom. The molecule has 1 aliphatic rings. The lowest BCUT2D eigenvalue weighted by atomic mass is 10.1. The predicted octanol–water partition coefficient (Wildman–Crippen LogP) is 3.86. The Bertz CT molecular complexity index is 469. The lowest BCUT2D eigenvalue weighted by Gasteiger charge is -2.26. The lowest BCUT2D eigenvalue weighted by molar-refractivity contribution is -0.120. The van der Waals surface area contributed by atoms with E-state index in [1.54, 1.807) is 6.07 Å². The smallest absolute Gasteiger partial charge is 0.357 e. The van der Waals surface area contributed by atoms with Gasteiger partial charge in [-0.3, -0.25) is 0 Å². The summed E-state index contributed by atoms with van der Waals surface area (Å²) < 4.78 is 52.0. The maximum Gasteiger partial charge on any atom is 0.405 e. The number of nitrogens with one attached hydrogen (secondary N) is 1. The Hall–Kier alpha value is -1.30. The van der Waals surface area contributed by atoms with Crippen molar-refractivity contribution in [3.8, 4) is 0 Å². The summed E-state index contributed by atoms with van der Waals surface area (Å²) in [5.74, 6) is -0.582. The Morgan fingerprint density at radius 2 is 2.00 bits per heavy atom. The van der Waals surface area contributed by atoms with E-state index in [4.69, 9.17) is 0 Å². The van der Waals surface area contributed by atoms with Crippen molar-refractivity contribution in [2.45, 2.75) is 44.9 Å². The first kappa shape index (κ1) is 16.1. The zero-order chi connectivity index (χ0) is 15.5. The summed E-state index contributed by atoms with van der Waals surface area (Å²) in [5, 5.41) is 3.14. The standard InChI is InChI=1S/C15H20F4N2/c1-2-7-20-9-11-3-6-14(13(16)8-11)21(12-4-5-12)10-15(17,18)19/h3,6,8,12,20H,2,4-5,7,9-10H2,1H3. The van der Waals surface area contributed by atoms with E-state index in [-0.39, 0.29) is 11.7 Å². The number of nitrogens with zero attached hydrogens (tertiary/aromatic N) is 1. The van der Waals surface area contributed by atoms with Crippen LogP contribution in [0.5, 0.6) is 0 Å². The molecule has 0 aromatic heterocycles. The maximum atomic E-state index is 14.1. The summed E-state index contributed by atoms with van der Waals surface area (Å²) in [4.78, 5) is 1.14. The molecule has 0 heterocycles. The SMILES string of the molecule is CCCNCc1ccc(N(CC(F)(F)F)C2CC2)c(F)c1. The molecule has 118 valence electrons. The molecule has 6 heteroatoms. The average Bonchev–Trinajstić information content (AvgIpc) is 3.20. The molecule has 0 atom stereocenters. The van der Waals surface area contributed by atoms with Gasteiger partial charge >= 0.3 is 6.18 Å². The van der Waals surface area contributed by atoms with Crippen LogP contribution < -0.4 is 10.2 Å². The van der Waals surface area contributed by atoms with Crippen molar-refractivity contribution in [2.24, 2.45) is 0 Å². The second-order valence-electron chi connectivity index (χ2n) is 5.44. The summed E-state index contributed by atoms with van der Waals surface area (Å²) in [6.45, 7) is 2.28. The third-order valence-electron chi connectivity index (χ3n) is 3.41. The van der Waals surface area contributed by atoms with Gasteiger partial charge < -0.3 is 10.2 Å². The van der Waals surface area contributed by atoms with Crippen molar-refractivity contribution in [3.63, 3.8) is 0 Å². The quantitative estimate of drug-likeness (QED) is 0.608. The summed E-state index contributed by atoms with van der Waals surface area (Å²) in [5.41, 5.74) is 0.793. The zero-order valence-electron chi connectivity index (χ0n) is 12.0. The van der Waals surface area contributed by atoms with E-state index in [0.29, 0.717) is 19.4 Å². The normalized spacial score (nSPS) is 15.3. The minimum atomic E-state index is -4.32. The maximum absolute atomic E-state index is 14.1. The van der Waals surface area contributed by atoms with Crippen molar-refractivity contribution < 1.29 is 17.6 Å². The molecule has 0 spiro atoms. The fourth-order valence-corrected chi connectivity index (χ4v) is 2.29. The van der Waals surface area contributed by atoms with Gasteiger partial charge in [0.05, 0.1) is 5.69 Å². The highest BCUT2D eigenvalue weighted by Gasteiger charge is 2.39. The first-order chi connectivity index (χ1) is 9.90. The molecule has 0 radical (unpaired) electrons. The van der Waals surface area contributed by atoms with Crippen molar-refractivity contribution in [2.75, 3.05) is 18.0 Å². The van der Waals surface area contributed by atoms with E-state index in [1.807, 2.05) is 6.92 Å². The average molecular weight is 304 g/mol. The van der Waals surface area contributed by atoms with Gasteiger partial charge in [-0.2, -0.15) is 13.2 Å². The largest absolute Gasteiger partial charge is 0.405 e. The second-order valence-corrected chi connectivity index (χ2v) is 5.44. The van der Waals surface area contributed by atoms with Crippen LogP contribution >= 0.6 is 0 Å². The van der Waals surface area contributed by atoms with Crippen LogP contribution in [0.3, 0.4) is 0 Å². The second kappa shape index (κ2) is 6.64. The molecule has 0 saturated heterocycles. The van der Waals surface area contributed by atoms with Crippen molar-refractivity contribution in [1.29, 1.82) is 0 Å². The lowest BCUT2D eigenvalue weighted by Crippen LogP contribution is -2.36. The van der Waals surface area contributed by atoms with E-state index < -0.39 is 18.5 Å². The van der Waals surface area contributed by atoms with Gasteiger partial charge in [-0.05, 0) is 43.5 Å². The Labute approximate surface area is 122 Å². The molecular weight excluding hydrogens is 284 g/mol. The van der Waals surface area contributed by atoms with Gasteiger partial charge in [-0.1, -0.05) is 13.0 Å². The highest BCUT2D eigenvalue weighted by Crippen LogP contribution is 2.35. The molecule has 21 heavy (non-hydrogen) atoms. The van der Waals surface area contributed by atoms with Crippen LogP contribution in [0.25, 0.3) is 0 Å². The Morgan fingerprint density at radius 3 is 2.52 bits per heavy atom. The van der Waals surface area contributed by atoms with Crippen LogP contribution in [-0.4, -0.2) is 25.3 Å². The molecule has 1 fully saturated rings. The third kappa shape index (κ3) is 4.88. The van der Waals surface area contributed by atoms with E-state index in [9.17, 15) is 17.6 Å². The van der Waals surface area contributed by atoms with Gasteiger partial charge in [0, 0.05) is 12.6 Å². The molecule has 1 aromatic rings.